The Morgan fingerprint density at radius 2 is 2.09 bits per heavy atom. The third kappa shape index (κ3) is 4.70. The summed E-state index contributed by atoms with van der Waals surface area (Å²) in [5, 5.41) is 6.65. The molecule has 5 heteroatoms. The van der Waals surface area contributed by atoms with Gasteiger partial charge in [-0.3, -0.25) is 0 Å². The van der Waals surface area contributed by atoms with Crippen molar-refractivity contribution in [2.24, 2.45) is 0 Å². The normalized spacial score (nSPS) is 23.8. The molecule has 23 heavy (non-hydrogen) atoms. The van der Waals surface area contributed by atoms with Gasteiger partial charge < -0.3 is 15.4 Å². The summed E-state index contributed by atoms with van der Waals surface area (Å²) < 4.78 is 5.33. The fraction of sp³-hybridized carbons (Fsp3) is 0.722. The van der Waals surface area contributed by atoms with Gasteiger partial charge in [0.05, 0.1) is 0 Å². The van der Waals surface area contributed by atoms with E-state index >= 15 is 0 Å². The van der Waals surface area contributed by atoms with Gasteiger partial charge in [0, 0.05) is 28.4 Å². The number of carbonyl (C=O) groups is 1. The predicted octanol–water partition coefficient (Wildman–Crippen LogP) is 3.77. The van der Waals surface area contributed by atoms with Crippen molar-refractivity contribution in [1.82, 2.24) is 10.6 Å². The minimum atomic E-state index is -0.431. The van der Waals surface area contributed by atoms with Crippen molar-refractivity contribution in [3.63, 3.8) is 0 Å². The lowest BCUT2D eigenvalue weighted by molar-refractivity contribution is 0.0505. The minimum Gasteiger partial charge on any atom is -0.444 e. The average molecular weight is 337 g/mol. The standard InChI is InChI=1S/C18H28N2O2S/c1-18(2,3)22-17(21)20-14-8-7-13(10-14)19-11-15-9-12-5-4-6-16(12)23-15/h9,13-14,19H,4-8,10-11H2,1-3H3,(H,20,21). The Morgan fingerprint density at radius 1 is 1.30 bits per heavy atom. The summed E-state index contributed by atoms with van der Waals surface area (Å²) in [5.74, 6) is 0. The van der Waals surface area contributed by atoms with Crippen molar-refractivity contribution >= 4 is 17.4 Å². The highest BCUT2D eigenvalue weighted by molar-refractivity contribution is 7.12. The molecule has 3 rings (SSSR count). The Kier molecular flexibility index (Phi) is 4.97. The zero-order valence-electron chi connectivity index (χ0n) is 14.4. The summed E-state index contributed by atoms with van der Waals surface area (Å²) in [6.07, 6.45) is 6.70. The Bertz CT molecular complexity index is 540. The molecule has 1 aromatic rings. The maximum Gasteiger partial charge on any atom is 0.407 e. The molecular formula is C18H28N2O2S. The summed E-state index contributed by atoms with van der Waals surface area (Å²) in [7, 11) is 0. The summed E-state index contributed by atoms with van der Waals surface area (Å²) in [4.78, 5) is 14.9. The second-order valence-electron chi connectivity index (χ2n) is 7.75. The smallest absolute Gasteiger partial charge is 0.407 e. The van der Waals surface area contributed by atoms with Crippen LogP contribution >= 0.6 is 11.3 Å². The van der Waals surface area contributed by atoms with Crippen molar-refractivity contribution in [2.75, 3.05) is 0 Å². The van der Waals surface area contributed by atoms with Gasteiger partial charge in [0.2, 0.25) is 0 Å². The van der Waals surface area contributed by atoms with Crippen molar-refractivity contribution < 1.29 is 9.53 Å². The highest BCUT2D eigenvalue weighted by Crippen LogP contribution is 2.31. The highest BCUT2D eigenvalue weighted by atomic mass is 32.1. The minimum absolute atomic E-state index is 0.232. The fourth-order valence-corrected chi connectivity index (χ4v) is 4.71. The summed E-state index contributed by atoms with van der Waals surface area (Å²) in [5.41, 5.74) is 1.14. The van der Waals surface area contributed by atoms with Crippen LogP contribution in [0.15, 0.2) is 6.07 Å². The van der Waals surface area contributed by atoms with Gasteiger partial charge in [-0.15, -0.1) is 11.3 Å². The SMILES string of the molecule is CC(C)(C)OC(=O)NC1CCC(NCc2cc3c(s2)CCC3)C1. The molecule has 0 aromatic carbocycles. The molecule has 0 aliphatic heterocycles. The molecule has 1 aromatic heterocycles. The molecule has 2 N–H and O–H groups in total. The average Bonchev–Trinajstić information content (AvgIpc) is 3.08. The monoisotopic (exact) mass is 336 g/mol. The van der Waals surface area contributed by atoms with Crippen LogP contribution in [0.3, 0.4) is 0 Å². The van der Waals surface area contributed by atoms with Crippen LogP contribution in [0.4, 0.5) is 4.79 Å². The molecule has 0 bridgehead atoms. The van der Waals surface area contributed by atoms with Gasteiger partial charge in [-0.25, -0.2) is 4.79 Å². The summed E-state index contributed by atoms with van der Waals surface area (Å²) in [6.45, 7) is 6.64. The second kappa shape index (κ2) is 6.81. The number of nitrogens with one attached hydrogen (secondary N) is 2. The fourth-order valence-electron chi connectivity index (χ4n) is 3.49. The lowest BCUT2D eigenvalue weighted by Gasteiger charge is -2.21. The molecule has 128 valence electrons. The number of amides is 1. The number of hydrogen-bond acceptors (Lipinski definition) is 4. The molecule has 1 fully saturated rings. The molecule has 0 spiro atoms. The zero-order valence-corrected chi connectivity index (χ0v) is 15.2. The molecular weight excluding hydrogens is 308 g/mol. The van der Waals surface area contributed by atoms with Gasteiger partial charge in [-0.05, 0) is 70.9 Å². The van der Waals surface area contributed by atoms with E-state index in [1.54, 1.807) is 10.4 Å². The van der Waals surface area contributed by atoms with Crippen molar-refractivity contribution in [2.45, 2.75) is 83.5 Å². The van der Waals surface area contributed by atoms with Crippen LogP contribution in [0.1, 0.15) is 61.8 Å². The van der Waals surface area contributed by atoms with Crippen LogP contribution in [-0.4, -0.2) is 23.8 Å². The molecule has 1 amide bonds. The number of ether oxygens (including phenoxy) is 1. The van der Waals surface area contributed by atoms with Gasteiger partial charge in [0.15, 0.2) is 0 Å². The Morgan fingerprint density at radius 3 is 2.83 bits per heavy atom. The van der Waals surface area contributed by atoms with E-state index in [-0.39, 0.29) is 12.1 Å². The van der Waals surface area contributed by atoms with E-state index in [1.165, 1.54) is 24.1 Å². The first kappa shape index (κ1) is 16.8. The molecule has 0 saturated heterocycles. The van der Waals surface area contributed by atoms with E-state index in [0.29, 0.717) is 6.04 Å². The number of fused-ring (bicyclic) bond motifs is 1. The molecule has 1 saturated carbocycles. The molecule has 2 aliphatic rings. The van der Waals surface area contributed by atoms with E-state index in [4.69, 9.17) is 4.74 Å². The van der Waals surface area contributed by atoms with E-state index in [1.807, 2.05) is 32.1 Å². The van der Waals surface area contributed by atoms with Crippen LogP contribution in [0, 0.1) is 0 Å². The van der Waals surface area contributed by atoms with Crippen molar-refractivity contribution in [3.05, 3.63) is 21.4 Å². The maximum absolute atomic E-state index is 11.8. The zero-order chi connectivity index (χ0) is 16.4. The molecule has 2 aliphatic carbocycles. The van der Waals surface area contributed by atoms with E-state index in [0.717, 1.165) is 25.8 Å². The summed E-state index contributed by atoms with van der Waals surface area (Å²) >= 11 is 1.97. The second-order valence-corrected chi connectivity index (χ2v) is 8.97. The van der Waals surface area contributed by atoms with Gasteiger partial charge in [0.1, 0.15) is 5.60 Å². The van der Waals surface area contributed by atoms with Crippen LogP contribution < -0.4 is 10.6 Å². The molecule has 2 unspecified atom stereocenters. The lowest BCUT2D eigenvalue weighted by atomic mass is 10.2. The number of hydrogen-bond donors (Lipinski definition) is 2. The Labute approximate surface area is 143 Å². The summed E-state index contributed by atoms with van der Waals surface area (Å²) in [6, 6.07) is 3.10. The van der Waals surface area contributed by atoms with Crippen molar-refractivity contribution in [3.8, 4) is 0 Å². The highest BCUT2D eigenvalue weighted by Gasteiger charge is 2.27. The van der Waals surface area contributed by atoms with Gasteiger partial charge in [-0.1, -0.05) is 0 Å². The van der Waals surface area contributed by atoms with E-state index in [9.17, 15) is 4.79 Å². The maximum atomic E-state index is 11.8. The van der Waals surface area contributed by atoms with Crippen LogP contribution in [0.2, 0.25) is 0 Å². The van der Waals surface area contributed by atoms with Gasteiger partial charge in [-0.2, -0.15) is 0 Å². The largest absolute Gasteiger partial charge is 0.444 e. The first-order valence-electron chi connectivity index (χ1n) is 8.72. The number of aryl methyl sites for hydroxylation is 2. The van der Waals surface area contributed by atoms with E-state index < -0.39 is 5.60 Å². The molecule has 4 nitrogen and oxygen atoms in total. The molecule has 0 radical (unpaired) electrons. The first-order valence-corrected chi connectivity index (χ1v) is 9.54. The number of alkyl carbamates (subject to hydrolysis) is 1. The topological polar surface area (TPSA) is 50.4 Å². The van der Waals surface area contributed by atoms with Gasteiger partial charge >= 0.3 is 6.09 Å². The third-order valence-corrected chi connectivity index (χ3v) is 5.75. The number of rotatable bonds is 4. The van der Waals surface area contributed by atoms with Crippen LogP contribution in [0.25, 0.3) is 0 Å². The number of carbonyl (C=O) groups excluding carboxylic acids is 1. The predicted molar refractivity (Wildman–Crippen MR) is 94.0 cm³/mol. The van der Waals surface area contributed by atoms with Crippen LogP contribution in [-0.2, 0) is 24.1 Å². The molecule has 2 atom stereocenters. The molecule has 1 heterocycles. The van der Waals surface area contributed by atoms with Crippen LogP contribution in [0.5, 0.6) is 0 Å². The first-order chi connectivity index (χ1) is 10.9. The third-order valence-electron chi connectivity index (χ3n) is 4.52. The lowest BCUT2D eigenvalue weighted by Crippen LogP contribution is -2.38. The quantitative estimate of drug-likeness (QED) is 0.880. The number of thiophene rings is 1. The van der Waals surface area contributed by atoms with E-state index in [2.05, 4.69) is 16.7 Å². The Hall–Kier alpha value is -1.07. The van der Waals surface area contributed by atoms with Crippen molar-refractivity contribution in [1.29, 1.82) is 0 Å². The van der Waals surface area contributed by atoms with Gasteiger partial charge in [0.25, 0.3) is 0 Å². The Balaban J connectivity index is 1.40.